The Kier molecular flexibility index (Phi) is 6.16. The van der Waals surface area contributed by atoms with E-state index < -0.39 is 23.5 Å². The zero-order valence-electron chi connectivity index (χ0n) is 16.6. The van der Waals surface area contributed by atoms with Gasteiger partial charge in [0.15, 0.2) is 5.69 Å². The van der Waals surface area contributed by atoms with Gasteiger partial charge in [-0.1, -0.05) is 29.3 Å². The molecule has 0 bridgehead atoms. The molecule has 2 aromatic carbocycles. The maximum absolute atomic E-state index is 13.0. The largest absolute Gasteiger partial charge is 0.433 e. The third-order valence-corrected chi connectivity index (χ3v) is 5.46. The fourth-order valence-electron chi connectivity index (χ4n) is 3.12. The normalized spacial score (nSPS) is 11.5. The van der Waals surface area contributed by atoms with E-state index in [0.29, 0.717) is 16.3 Å². The highest BCUT2D eigenvalue weighted by Crippen LogP contribution is 2.30. The molecular weight excluding hydrogens is 454 g/mol. The Morgan fingerprint density at radius 2 is 1.74 bits per heavy atom. The van der Waals surface area contributed by atoms with Crippen LogP contribution >= 0.6 is 23.2 Å². The van der Waals surface area contributed by atoms with E-state index >= 15 is 0 Å². The molecular formula is C21H16Cl2F3N3O2. The van der Waals surface area contributed by atoms with Crippen molar-refractivity contribution in [2.24, 2.45) is 0 Å². The van der Waals surface area contributed by atoms with Crippen molar-refractivity contribution in [1.29, 1.82) is 0 Å². The number of rotatable bonds is 3. The molecule has 0 saturated heterocycles. The van der Waals surface area contributed by atoms with E-state index in [1.165, 1.54) is 30.0 Å². The predicted molar refractivity (Wildman–Crippen MR) is 114 cm³/mol. The summed E-state index contributed by atoms with van der Waals surface area (Å²) >= 11 is 12.3. The molecule has 162 valence electrons. The standard InChI is InChI=1S/C21H16Cl2F3N3O2/c1-11-9-18(21(24,25)26)27-20(31)29(11)17-10-13(7-8-15(17)23)19(30)28(3)16-6-4-5-14(22)12(16)2/h4-10H,1-3H3. The molecule has 0 spiro atoms. The molecule has 0 atom stereocenters. The van der Waals surface area contributed by atoms with Crippen LogP contribution in [-0.2, 0) is 6.18 Å². The molecule has 1 heterocycles. The highest BCUT2D eigenvalue weighted by molar-refractivity contribution is 6.33. The summed E-state index contributed by atoms with van der Waals surface area (Å²) in [5.41, 5.74) is -0.979. The van der Waals surface area contributed by atoms with Crippen molar-refractivity contribution in [1.82, 2.24) is 9.55 Å². The molecule has 5 nitrogen and oxygen atoms in total. The van der Waals surface area contributed by atoms with E-state index in [1.807, 2.05) is 0 Å². The first-order valence-electron chi connectivity index (χ1n) is 8.93. The zero-order valence-corrected chi connectivity index (χ0v) is 18.1. The van der Waals surface area contributed by atoms with Gasteiger partial charge < -0.3 is 4.90 Å². The molecule has 0 fully saturated rings. The number of halogens is 5. The molecule has 31 heavy (non-hydrogen) atoms. The molecule has 3 aromatic rings. The predicted octanol–water partition coefficient (Wildman–Crippen LogP) is 5.45. The van der Waals surface area contributed by atoms with Gasteiger partial charge in [0.2, 0.25) is 0 Å². The van der Waals surface area contributed by atoms with Crippen LogP contribution < -0.4 is 10.6 Å². The number of alkyl halides is 3. The number of hydrogen-bond donors (Lipinski definition) is 0. The molecule has 1 aromatic heterocycles. The number of amides is 1. The quantitative estimate of drug-likeness (QED) is 0.512. The van der Waals surface area contributed by atoms with Gasteiger partial charge in [-0.2, -0.15) is 18.2 Å². The number of anilines is 1. The lowest BCUT2D eigenvalue weighted by Gasteiger charge is -2.21. The molecule has 0 radical (unpaired) electrons. The second-order valence-electron chi connectivity index (χ2n) is 6.81. The number of benzene rings is 2. The highest BCUT2D eigenvalue weighted by atomic mass is 35.5. The van der Waals surface area contributed by atoms with Gasteiger partial charge >= 0.3 is 11.9 Å². The Balaban J connectivity index is 2.08. The molecule has 0 N–H and O–H groups in total. The number of hydrogen-bond acceptors (Lipinski definition) is 3. The first kappa shape index (κ1) is 22.8. The monoisotopic (exact) mass is 469 g/mol. The summed E-state index contributed by atoms with van der Waals surface area (Å²) in [6.07, 6.45) is -4.76. The van der Waals surface area contributed by atoms with Crippen LogP contribution in [0.4, 0.5) is 18.9 Å². The third kappa shape index (κ3) is 4.45. The number of carbonyl (C=O) groups is 1. The lowest BCUT2D eigenvalue weighted by atomic mass is 10.1. The summed E-state index contributed by atoms with van der Waals surface area (Å²) in [7, 11) is 1.56. The average Bonchev–Trinajstić information content (AvgIpc) is 2.69. The average molecular weight is 470 g/mol. The summed E-state index contributed by atoms with van der Waals surface area (Å²) in [5, 5.41) is 0.567. The highest BCUT2D eigenvalue weighted by Gasteiger charge is 2.34. The van der Waals surface area contributed by atoms with Gasteiger partial charge in [0.1, 0.15) is 0 Å². The summed E-state index contributed by atoms with van der Waals surface area (Å²) < 4.78 is 39.8. The number of nitrogens with zero attached hydrogens (tertiary/aromatic N) is 3. The van der Waals surface area contributed by atoms with Gasteiger partial charge in [-0.05, 0) is 55.8 Å². The van der Waals surface area contributed by atoms with E-state index in [-0.39, 0.29) is 22.0 Å². The summed E-state index contributed by atoms with van der Waals surface area (Å²) in [6.45, 7) is 3.09. The molecule has 0 unspecified atom stereocenters. The molecule has 0 aliphatic carbocycles. The molecule has 10 heteroatoms. The van der Waals surface area contributed by atoms with Crippen molar-refractivity contribution in [3.05, 3.63) is 85.5 Å². The van der Waals surface area contributed by atoms with Gasteiger partial charge in [0.05, 0.1) is 10.7 Å². The van der Waals surface area contributed by atoms with E-state index in [4.69, 9.17) is 23.2 Å². The van der Waals surface area contributed by atoms with E-state index in [1.54, 1.807) is 32.2 Å². The van der Waals surface area contributed by atoms with Crippen LogP contribution in [0.25, 0.3) is 5.69 Å². The van der Waals surface area contributed by atoms with E-state index in [0.717, 1.165) is 10.6 Å². The smallest absolute Gasteiger partial charge is 0.311 e. The molecule has 1 amide bonds. The van der Waals surface area contributed by atoms with Crippen LogP contribution in [0.5, 0.6) is 0 Å². The maximum atomic E-state index is 13.0. The van der Waals surface area contributed by atoms with Gasteiger partial charge in [-0.3, -0.25) is 9.36 Å². The van der Waals surface area contributed by atoms with Crippen molar-refractivity contribution in [3.8, 4) is 5.69 Å². The number of carbonyl (C=O) groups excluding carboxylic acids is 1. The Morgan fingerprint density at radius 1 is 1.06 bits per heavy atom. The van der Waals surface area contributed by atoms with Crippen molar-refractivity contribution in [3.63, 3.8) is 0 Å². The van der Waals surface area contributed by atoms with Gasteiger partial charge in [0, 0.05) is 29.0 Å². The SMILES string of the molecule is Cc1c(Cl)cccc1N(C)C(=O)c1ccc(Cl)c(-n2c(C)cc(C(F)(F)F)nc2=O)c1. The van der Waals surface area contributed by atoms with E-state index in [9.17, 15) is 22.8 Å². The second-order valence-corrected chi connectivity index (χ2v) is 7.63. The summed E-state index contributed by atoms with van der Waals surface area (Å²) in [5.74, 6) is -0.422. The van der Waals surface area contributed by atoms with Crippen molar-refractivity contribution >= 4 is 34.8 Å². The first-order valence-corrected chi connectivity index (χ1v) is 9.68. The Labute approximate surface area is 185 Å². The lowest BCUT2D eigenvalue weighted by molar-refractivity contribution is -0.141. The van der Waals surface area contributed by atoms with Crippen molar-refractivity contribution < 1.29 is 18.0 Å². The number of aryl methyl sites for hydroxylation is 1. The molecule has 0 saturated carbocycles. The minimum atomic E-state index is -4.76. The van der Waals surface area contributed by atoms with Gasteiger partial charge in [-0.15, -0.1) is 0 Å². The van der Waals surface area contributed by atoms with Gasteiger partial charge in [0.25, 0.3) is 5.91 Å². The zero-order chi connectivity index (χ0) is 23.1. The minimum Gasteiger partial charge on any atom is -0.311 e. The van der Waals surface area contributed by atoms with Crippen molar-refractivity contribution in [2.75, 3.05) is 11.9 Å². The maximum Gasteiger partial charge on any atom is 0.433 e. The molecule has 0 aliphatic heterocycles. The Morgan fingerprint density at radius 3 is 2.35 bits per heavy atom. The van der Waals surface area contributed by atoms with Crippen LogP contribution in [0, 0.1) is 13.8 Å². The number of aromatic nitrogens is 2. The van der Waals surface area contributed by atoms with Crippen molar-refractivity contribution in [2.45, 2.75) is 20.0 Å². The Hall–Kier alpha value is -2.84. The molecule has 3 rings (SSSR count). The third-order valence-electron chi connectivity index (χ3n) is 4.74. The topological polar surface area (TPSA) is 55.2 Å². The van der Waals surface area contributed by atoms with Crippen LogP contribution in [0.1, 0.15) is 27.3 Å². The Bertz CT molecular complexity index is 1240. The first-order chi connectivity index (χ1) is 14.4. The molecule has 0 aliphatic rings. The van der Waals surface area contributed by atoms with Crippen LogP contribution in [0.3, 0.4) is 0 Å². The second kappa shape index (κ2) is 8.36. The summed E-state index contributed by atoms with van der Waals surface area (Å²) in [4.78, 5) is 29.9. The fraction of sp³-hybridized carbons (Fsp3) is 0.190. The minimum absolute atomic E-state index is 0.0298. The lowest BCUT2D eigenvalue weighted by Crippen LogP contribution is -2.29. The fourth-order valence-corrected chi connectivity index (χ4v) is 3.49. The van der Waals surface area contributed by atoms with Crippen LogP contribution in [0.2, 0.25) is 10.0 Å². The summed E-state index contributed by atoms with van der Waals surface area (Å²) in [6, 6.07) is 10.1. The van der Waals surface area contributed by atoms with E-state index in [2.05, 4.69) is 4.98 Å². The van der Waals surface area contributed by atoms with Crippen LogP contribution in [0.15, 0.2) is 47.3 Å². The van der Waals surface area contributed by atoms with Crippen LogP contribution in [-0.4, -0.2) is 22.5 Å². The van der Waals surface area contributed by atoms with Gasteiger partial charge in [-0.25, -0.2) is 4.79 Å².